The second-order valence-electron chi connectivity index (χ2n) is 5.42. The first-order valence-electron chi connectivity index (χ1n) is 7.02. The Morgan fingerprint density at radius 3 is 2.70 bits per heavy atom. The Bertz CT molecular complexity index is 443. The lowest BCUT2D eigenvalue weighted by molar-refractivity contribution is -0.123. The summed E-state index contributed by atoms with van der Waals surface area (Å²) in [6.45, 7) is 6.36. The summed E-state index contributed by atoms with van der Waals surface area (Å²) >= 11 is 0. The third-order valence-corrected chi connectivity index (χ3v) is 3.37. The molecule has 2 N–H and O–H groups in total. The van der Waals surface area contributed by atoms with Gasteiger partial charge in [0.1, 0.15) is 5.75 Å². The Morgan fingerprint density at radius 2 is 2.10 bits per heavy atom. The monoisotopic (exact) mass is 279 g/mol. The number of aliphatic hydroxyl groups is 1. The maximum absolute atomic E-state index is 11.6. The molecule has 0 saturated carbocycles. The van der Waals surface area contributed by atoms with Gasteiger partial charge in [0.05, 0.1) is 19.6 Å². The van der Waals surface area contributed by atoms with Gasteiger partial charge < -0.3 is 15.2 Å². The van der Waals surface area contributed by atoms with Crippen LogP contribution >= 0.6 is 0 Å². The molecule has 4 nitrogen and oxygen atoms in total. The molecule has 112 valence electrons. The van der Waals surface area contributed by atoms with Gasteiger partial charge in [0.2, 0.25) is 5.91 Å². The number of aliphatic hydroxyl groups excluding tert-OH is 1. The van der Waals surface area contributed by atoms with E-state index in [0.29, 0.717) is 6.54 Å². The van der Waals surface area contributed by atoms with Crippen LogP contribution in [0.15, 0.2) is 18.2 Å². The quantitative estimate of drug-likeness (QED) is 0.803. The molecule has 1 aromatic rings. The number of nitrogens with one attached hydrogen (secondary N) is 1. The zero-order chi connectivity index (χ0) is 15.1. The van der Waals surface area contributed by atoms with Crippen molar-refractivity contribution < 1.29 is 14.6 Å². The average Bonchev–Trinajstić information content (AvgIpc) is 2.40. The molecule has 0 aliphatic rings. The standard InChI is InChI=1S/C16H25NO3/c1-11(2)14(18)10-16(19)17-8-7-13-6-5-12(3)15(9-13)20-4/h5-6,9,11,14,18H,7-8,10H2,1-4H3,(H,17,19). The minimum Gasteiger partial charge on any atom is -0.496 e. The number of benzene rings is 1. The van der Waals surface area contributed by atoms with Crippen molar-refractivity contribution in [1.29, 1.82) is 0 Å². The molecule has 1 atom stereocenters. The zero-order valence-corrected chi connectivity index (χ0v) is 12.8. The number of carbonyl (C=O) groups excluding carboxylic acids is 1. The van der Waals surface area contributed by atoms with Gasteiger partial charge in [-0.05, 0) is 36.5 Å². The van der Waals surface area contributed by atoms with Gasteiger partial charge in [-0.25, -0.2) is 0 Å². The van der Waals surface area contributed by atoms with Gasteiger partial charge in [0.15, 0.2) is 0 Å². The van der Waals surface area contributed by atoms with Gasteiger partial charge >= 0.3 is 0 Å². The highest BCUT2D eigenvalue weighted by atomic mass is 16.5. The maximum atomic E-state index is 11.6. The molecular formula is C16H25NO3. The van der Waals surface area contributed by atoms with E-state index in [4.69, 9.17) is 4.74 Å². The van der Waals surface area contributed by atoms with Gasteiger partial charge in [-0.2, -0.15) is 0 Å². The highest BCUT2D eigenvalue weighted by Gasteiger charge is 2.13. The highest BCUT2D eigenvalue weighted by molar-refractivity contribution is 5.76. The molecule has 1 rings (SSSR count). The topological polar surface area (TPSA) is 58.6 Å². The number of hydrogen-bond acceptors (Lipinski definition) is 3. The van der Waals surface area contributed by atoms with E-state index >= 15 is 0 Å². The normalized spacial score (nSPS) is 12.3. The van der Waals surface area contributed by atoms with E-state index in [1.807, 2.05) is 39.0 Å². The second-order valence-corrected chi connectivity index (χ2v) is 5.42. The van der Waals surface area contributed by atoms with Crippen molar-refractivity contribution in [2.24, 2.45) is 5.92 Å². The number of aryl methyl sites for hydroxylation is 1. The molecule has 1 unspecified atom stereocenters. The Kier molecular flexibility index (Phi) is 6.52. The van der Waals surface area contributed by atoms with E-state index in [1.54, 1.807) is 7.11 Å². The van der Waals surface area contributed by atoms with E-state index in [-0.39, 0.29) is 18.2 Å². The fourth-order valence-corrected chi connectivity index (χ4v) is 1.86. The lowest BCUT2D eigenvalue weighted by atomic mass is 10.0. The van der Waals surface area contributed by atoms with Crippen LogP contribution in [-0.2, 0) is 11.2 Å². The molecule has 0 aliphatic carbocycles. The minimum atomic E-state index is -0.575. The van der Waals surface area contributed by atoms with Crippen LogP contribution in [0.5, 0.6) is 5.75 Å². The summed E-state index contributed by atoms with van der Waals surface area (Å²) in [5.41, 5.74) is 2.22. The van der Waals surface area contributed by atoms with Crippen LogP contribution in [0.4, 0.5) is 0 Å². The first kappa shape index (κ1) is 16.5. The Morgan fingerprint density at radius 1 is 1.40 bits per heavy atom. The Labute approximate surface area is 121 Å². The van der Waals surface area contributed by atoms with Crippen molar-refractivity contribution in [3.8, 4) is 5.75 Å². The highest BCUT2D eigenvalue weighted by Crippen LogP contribution is 2.19. The molecule has 0 aromatic heterocycles. The molecular weight excluding hydrogens is 254 g/mol. The summed E-state index contributed by atoms with van der Waals surface area (Å²) in [4.78, 5) is 11.6. The lowest BCUT2D eigenvalue weighted by Crippen LogP contribution is -2.30. The van der Waals surface area contributed by atoms with Crippen LogP contribution in [0, 0.1) is 12.8 Å². The summed E-state index contributed by atoms with van der Waals surface area (Å²) in [5.74, 6) is 0.858. The van der Waals surface area contributed by atoms with Crippen LogP contribution in [0.1, 0.15) is 31.4 Å². The fourth-order valence-electron chi connectivity index (χ4n) is 1.86. The first-order chi connectivity index (χ1) is 9.43. The molecule has 20 heavy (non-hydrogen) atoms. The van der Waals surface area contributed by atoms with E-state index in [0.717, 1.165) is 23.3 Å². The van der Waals surface area contributed by atoms with Gasteiger partial charge in [0.25, 0.3) is 0 Å². The number of hydrogen-bond donors (Lipinski definition) is 2. The molecule has 0 fully saturated rings. The molecule has 0 bridgehead atoms. The van der Waals surface area contributed by atoms with Gasteiger partial charge in [0, 0.05) is 6.54 Å². The maximum Gasteiger partial charge on any atom is 0.222 e. The van der Waals surface area contributed by atoms with Crippen molar-refractivity contribution in [2.45, 2.75) is 39.7 Å². The summed E-state index contributed by atoms with van der Waals surface area (Å²) in [6, 6.07) is 6.04. The number of carbonyl (C=O) groups is 1. The SMILES string of the molecule is COc1cc(CCNC(=O)CC(O)C(C)C)ccc1C. The Balaban J connectivity index is 2.39. The van der Waals surface area contributed by atoms with Crippen LogP contribution in [0.2, 0.25) is 0 Å². The third-order valence-electron chi connectivity index (χ3n) is 3.37. The molecule has 1 amide bonds. The van der Waals surface area contributed by atoms with Crippen LogP contribution in [-0.4, -0.2) is 30.8 Å². The smallest absolute Gasteiger partial charge is 0.222 e. The zero-order valence-electron chi connectivity index (χ0n) is 12.8. The van der Waals surface area contributed by atoms with E-state index in [2.05, 4.69) is 5.32 Å². The fraction of sp³-hybridized carbons (Fsp3) is 0.562. The summed E-state index contributed by atoms with van der Waals surface area (Å²) in [7, 11) is 1.65. The van der Waals surface area contributed by atoms with Gasteiger partial charge in [-0.3, -0.25) is 4.79 Å². The number of ether oxygens (including phenoxy) is 1. The van der Waals surface area contributed by atoms with Crippen molar-refractivity contribution in [3.63, 3.8) is 0 Å². The average molecular weight is 279 g/mol. The molecule has 0 heterocycles. The minimum absolute atomic E-state index is 0.0992. The molecule has 0 aliphatic heterocycles. The van der Waals surface area contributed by atoms with Crippen molar-refractivity contribution >= 4 is 5.91 Å². The molecule has 4 heteroatoms. The van der Waals surface area contributed by atoms with Crippen LogP contribution in [0.3, 0.4) is 0 Å². The summed E-state index contributed by atoms with van der Waals surface area (Å²) in [6.07, 6.45) is 0.337. The third kappa shape index (κ3) is 5.21. The van der Waals surface area contributed by atoms with Gasteiger partial charge in [-0.15, -0.1) is 0 Å². The number of methoxy groups -OCH3 is 1. The van der Waals surface area contributed by atoms with Crippen molar-refractivity contribution in [1.82, 2.24) is 5.32 Å². The van der Waals surface area contributed by atoms with Crippen molar-refractivity contribution in [3.05, 3.63) is 29.3 Å². The summed E-state index contributed by atoms with van der Waals surface area (Å²) < 4.78 is 5.27. The Hall–Kier alpha value is -1.55. The predicted molar refractivity (Wildman–Crippen MR) is 79.9 cm³/mol. The molecule has 1 aromatic carbocycles. The molecule has 0 spiro atoms. The van der Waals surface area contributed by atoms with Crippen molar-refractivity contribution in [2.75, 3.05) is 13.7 Å². The van der Waals surface area contributed by atoms with Gasteiger partial charge in [-0.1, -0.05) is 26.0 Å². The van der Waals surface area contributed by atoms with E-state index in [9.17, 15) is 9.90 Å². The molecule has 0 saturated heterocycles. The second kappa shape index (κ2) is 7.90. The number of rotatable bonds is 7. The predicted octanol–water partition coefficient (Wildman–Crippen LogP) is 2.07. The van der Waals surface area contributed by atoms with E-state index < -0.39 is 6.10 Å². The van der Waals surface area contributed by atoms with Crippen LogP contribution in [0.25, 0.3) is 0 Å². The first-order valence-corrected chi connectivity index (χ1v) is 7.02. The lowest BCUT2D eigenvalue weighted by Gasteiger charge is -2.14. The largest absolute Gasteiger partial charge is 0.496 e. The molecule has 0 radical (unpaired) electrons. The summed E-state index contributed by atoms with van der Waals surface area (Å²) in [5, 5.41) is 12.5. The van der Waals surface area contributed by atoms with E-state index in [1.165, 1.54) is 0 Å². The number of amides is 1. The van der Waals surface area contributed by atoms with Crippen LogP contribution < -0.4 is 10.1 Å².